The molecule has 2 aromatic carbocycles. The van der Waals surface area contributed by atoms with E-state index in [1.165, 1.54) is 0 Å². The Kier molecular flexibility index (Phi) is 4.85. The molecule has 0 spiro atoms. The third kappa shape index (κ3) is 3.41. The van der Waals surface area contributed by atoms with Crippen molar-refractivity contribution in [1.82, 2.24) is 5.01 Å². The van der Waals surface area contributed by atoms with E-state index in [9.17, 15) is 9.90 Å². The molecule has 9 heteroatoms. The van der Waals surface area contributed by atoms with E-state index in [2.05, 4.69) is 20.3 Å². The Hall–Kier alpha value is -3.75. The highest BCUT2D eigenvalue weighted by Crippen LogP contribution is 2.47. The van der Waals surface area contributed by atoms with Crippen molar-refractivity contribution < 1.29 is 19.4 Å². The van der Waals surface area contributed by atoms with Crippen molar-refractivity contribution in [3.8, 4) is 0 Å². The fourth-order valence-corrected chi connectivity index (χ4v) is 4.28. The Morgan fingerprint density at radius 3 is 2.77 bits per heavy atom. The Labute approximate surface area is 178 Å². The molecule has 1 aliphatic carbocycles. The maximum absolute atomic E-state index is 12.1. The van der Waals surface area contributed by atoms with Crippen LogP contribution in [-0.2, 0) is 15.9 Å². The number of amidine groups is 1. The number of azo groups is 1. The number of fused-ring (bicyclic) bond motifs is 5. The summed E-state index contributed by atoms with van der Waals surface area (Å²) < 4.78 is 10.5. The third-order valence-electron chi connectivity index (χ3n) is 5.58. The van der Waals surface area contributed by atoms with Crippen LogP contribution in [0.1, 0.15) is 24.1 Å². The highest BCUT2D eigenvalue weighted by Gasteiger charge is 2.52. The van der Waals surface area contributed by atoms with Crippen LogP contribution in [0.5, 0.6) is 0 Å². The molecule has 0 radical (unpaired) electrons. The maximum Gasteiger partial charge on any atom is 0.510 e. The second kappa shape index (κ2) is 7.82. The molecule has 31 heavy (non-hydrogen) atoms. The van der Waals surface area contributed by atoms with Gasteiger partial charge in [0.25, 0.3) is 0 Å². The Morgan fingerprint density at radius 2 is 1.97 bits per heavy atom. The molecule has 2 heterocycles. The number of hydrazone groups is 1. The number of carbonyl (C=O) groups is 1. The monoisotopic (exact) mass is 419 g/mol. The van der Waals surface area contributed by atoms with Crippen LogP contribution >= 0.6 is 0 Å². The van der Waals surface area contributed by atoms with Crippen LogP contribution in [0.3, 0.4) is 0 Å². The first-order chi connectivity index (χ1) is 15.2. The molecule has 0 bridgehead atoms. The molecule has 0 amide bonds. The van der Waals surface area contributed by atoms with Crippen molar-refractivity contribution in [3.63, 3.8) is 0 Å². The van der Waals surface area contributed by atoms with Gasteiger partial charge in [0.05, 0.1) is 18.3 Å². The van der Waals surface area contributed by atoms with Crippen molar-refractivity contribution >= 4 is 23.6 Å². The minimum Gasteiger partial charge on any atom is -0.493 e. The summed E-state index contributed by atoms with van der Waals surface area (Å²) in [6.07, 6.45) is -0.881. The lowest BCUT2D eigenvalue weighted by Crippen LogP contribution is -2.45. The first-order valence-electron chi connectivity index (χ1n) is 10.2. The number of aliphatic hydroxyl groups excluding tert-OH is 1. The van der Waals surface area contributed by atoms with Gasteiger partial charge in [0.2, 0.25) is 18.2 Å². The van der Waals surface area contributed by atoms with E-state index in [1.54, 1.807) is 11.9 Å². The van der Waals surface area contributed by atoms with Crippen molar-refractivity contribution in [2.24, 2.45) is 26.2 Å². The standard InChI is InChI=1S/C22H21N5O4/c1-2-30-22(29)31-21-16-12-13-8-6-7-11-15(13)18(16)27-19(23-21)17(20(28)26-27)25-24-14-9-4-3-5-10-14/h3-11,16-18,21H,2,12H2,1H3,(H,26,28). The largest absolute Gasteiger partial charge is 0.510 e. The van der Waals surface area contributed by atoms with Gasteiger partial charge in [0.15, 0.2) is 5.84 Å². The van der Waals surface area contributed by atoms with Crippen LogP contribution in [0.15, 0.2) is 74.9 Å². The van der Waals surface area contributed by atoms with E-state index in [1.807, 2.05) is 54.6 Å². The summed E-state index contributed by atoms with van der Waals surface area (Å²) in [5.74, 6) is 0.0368. The van der Waals surface area contributed by atoms with E-state index in [0.29, 0.717) is 17.9 Å². The van der Waals surface area contributed by atoms with Gasteiger partial charge in [0, 0.05) is 5.92 Å². The van der Waals surface area contributed by atoms with Crippen molar-refractivity contribution in [2.75, 3.05) is 6.61 Å². The summed E-state index contributed by atoms with van der Waals surface area (Å²) in [7, 11) is 0. The van der Waals surface area contributed by atoms with Gasteiger partial charge in [0.1, 0.15) is 0 Å². The van der Waals surface area contributed by atoms with Gasteiger partial charge in [-0.3, -0.25) is 0 Å². The van der Waals surface area contributed by atoms with Gasteiger partial charge >= 0.3 is 6.16 Å². The highest BCUT2D eigenvalue weighted by atomic mass is 16.7. The Morgan fingerprint density at radius 1 is 1.19 bits per heavy atom. The predicted octanol–water partition coefficient (Wildman–Crippen LogP) is 4.15. The molecule has 5 rings (SSSR count). The Bertz CT molecular complexity index is 1080. The van der Waals surface area contributed by atoms with Crippen LogP contribution in [0.25, 0.3) is 0 Å². The van der Waals surface area contributed by atoms with Crippen LogP contribution in [0.4, 0.5) is 10.5 Å². The minimum atomic E-state index is -0.873. The molecule has 4 unspecified atom stereocenters. The average molecular weight is 419 g/mol. The Balaban J connectivity index is 1.51. The molecule has 0 aromatic heterocycles. The maximum atomic E-state index is 12.1. The summed E-state index contributed by atoms with van der Waals surface area (Å²) in [5, 5.41) is 25.1. The molecule has 0 saturated heterocycles. The molecule has 9 nitrogen and oxygen atoms in total. The second-order valence-electron chi connectivity index (χ2n) is 7.45. The number of aliphatic imine (C=N–C) groups is 1. The highest BCUT2D eigenvalue weighted by molar-refractivity contribution is 6.10. The van der Waals surface area contributed by atoms with E-state index < -0.39 is 18.4 Å². The lowest BCUT2D eigenvalue weighted by Gasteiger charge is -2.36. The van der Waals surface area contributed by atoms with Gasteiger partial charge in [-0.1, -0.05) is 42.5 Å². The van der Waals surface area contributed by atoms with Gasteiger partial charge in [-0.25, -0.2) is 14.8 Å². The summed E-state index contributed by atoms with van der Waals surface area (Å²) in [4.78, 5) is 16.7. The fourth-order valence-electron chi connectivity index (χ4n) is 4.28. The molecular formula is C22H21N5O4. The van der Waals surface area contributed by atoms with Gasteiger partial charge in [-0.05, 0) is 36.6 Å². The van der Waals surface area contributed by atoms with E-state index in [0.717, 1.165) is 11.1 Å². The quantitative estimate of drug-likeness (QED) is 0.591. The molecule has 0 fully saturated rings. The van der Waals surface area contributed by atoms with Crippen molar-refractivity contribution in [1.29, 1.82) is 0 Å². The number of nitrogens with zero attached hydrogens (tertiary/aromatic N) is 5. The fraction of sp³-hybridized carbons (Fsp3) is 0.318. The van der Waals surface area contributed by atoms with Crippen molar-refractivity contribution in [3.05, 3.63) is 65.7 Å². The van der Waals surface area contributed by atoms with E-state index >= 15 is 0 Å². The van der Waals surface area contributed by atoms with Crippen LogP contribution in [0.2, 0.25) is 0 Å². The zero-order chi connectivity index (χ0) is 21.4. The number of ether oxygens (including phenoxy) is 2. The molecule has 0 saturated carbocycles. The zero-order valence-electron chi connectivity index (χ0n) is 16.8. The van der Waals surface area contributed by atoms with Gasteiger partial charge in [-0.2, -0.15) is 10.2 Å². The van der Waals surface area contributed by atoms with Gasteiger partial charge in [-0.15, -0.1) is 5.10 Å². The number of hydrogen-bond acceptors (Lipinski definition) is 8. The summed E-state index contributed by atoms with van der Waals surface area (Å²) in [6.45, 7) is 1.92. The number of benzene rings is 2. The molecule has 158 valence electrons. The molecule has 2 aliphatic heterocycles. The number of hydrogen-bond donors (Lipinski definition) is 1. The topological polar surface area (TPSA) is 108 Å². The van der Waals surface area contributed by atoms with Crippen LogP contribution in [0, 0.1) is 5.92 Å². The number of aliphatic hydroxyl groups is 1. The first-order valence-corrected chi connectivity index (χ1v) is 10.2. The smallest absolute Gasteiger partial charge is 0.493 e. The SMILES string of the molecule is CCOC(=O)OC1N=C2C(N=Nc3ccccc3)C(O)=NN2C2c3ccccc3CC12. The predicted molar refractivity (Wildman–Crippen MR) is 112 cm³/mol. The molecule has 3 aliphatic rings. The molecule has 4 atom stereocenters. The number of carbonyl (C=O) groups excluding carboxylic acids is 1. The number of rotatable bonds is 4. The lowest BCUT2D eigenvalue weighted by atomic mass is 9.95. The van der Waals surface area contributed by atoms with Gasteiger partial charge < -0.3 is 14.6 Å². The summed E-state index contributed by atoms with van der Waals surface area (Å²) >= 11 is 0. The zero-order valence-corrected chi connectivity index (χ0v) is 16.8. The molecule has 1 N–H and O–H groups in total. The van der Waals surface area contributed by atoms with E-state index in [-0.39, 0.29) is 24.5 Å². The van der Waals surface area contributed by atoms with Crippen LogP contribution in [-0.4, -0.2) is 46.9 Å². The minimum absolute atomic E-state index is 0.160. The molecular weight excluding hydrogens is 398 g/mol. The summed E-state index contributed by atoms with van der Waals surface area (Å²) in [6, 6.07) is 16.1. The summed E-state index contributed by atoms with van der Waals surface area (Å²) in [5.41, 5.74) is 2.85. The lowest BCUT2D eigenvalue weighted by molar-refractivity contribution is -0.0114. The third-order valence-corrected chi connectivity index (χ3v) is 5.58. The van der Waals surface area contributed by atoms with Crippen LogP contribution < -0.4 is 0 Å². The van der Waals surface area contributed by atoms with E-state index in [4.69, 9.17) is 9.47 Å². The molecule has 2 aromatic rings. The second-order valence-corrected chi connectivity index (χ2v) is 7.45. The normalized spacial score (nSPS) is 26.0. The average Bonchev–Trinajstić information content (AvgIpc) is 3.31. The van der Waals surface area contributed by atoms with Crippen molar-refractivity contribution in [2.45, 2.75) is 31.7 Å². The first kappa shape index (κ1) is 19.2.